The van der Waals surface area contributed by atoms with Gasteiger partial charge in [0.15, 0.2) is 6.23 Å². The molecule has 1 saturated heterocycles. The van der Waals surface area contributed by atoms with Crippen molar-refractivity contribution in [3.8, 4) is 11.5 Å². The van der Waals surface area contributed by atoms with E-state index in [1.165, 1.54) is 5.56 Å². The van der Waals surface area contributed by atoms with Crippen molar-refractivity contribution >= 4 is 0 Å². The van der Waals surface area contributed by atoms with Gasteiger partial charge >= 0.3 is 0 Å². The number of nitrogens with zero attached hydrogens (tertiary/aromatic N) is 1. The lowest BCUT2D eigenvalue weighted by Gasteiger charge is -2.38. The Balaban J connectivity index is 1.53. The molecule has 1 aliphatic rings. The Kier molecular flexibility index (Phi) is 5.17. The number of rotatable bonds is 5. The number of para-hydroxylation sites is 2. The van der Waals surface area contributed by atoms with Crippen molar-refractivity contribution in [1.82, 2.24) is 5.06 Å². The van der Waals surface area contributed by atoms with Gasteiger partial charge in [0.2, 0.25) is 0 Å². The van der Waals surface area contributed by atoms with Gasteiger partial charge in [0.05, 0.1) is 0 Å². The maximum Gasteiger partial charge on any atom is 0.184 e. The van der Waals surface area contributed by atoms with Crippen molar-refractivity contribution in [2.75, 3.05) is 6.54 Å². The second-order valence-electron chi connectivity index (χ2n) is 6.56. The Morgan fingerprint density at radius 3 is 1.92 bits per heavy atom. The molecule has 3 heteroatoms. The monoisotopic (exact) mass is 345 g/mol. The van der Waals surface area contributed by atoms with E-state index in [1.807, 2.05) is 65.7 Å². The van der Waals surface area contributed by atoms with E-state index in [0.717, 1.165) is 30.9 Å². The van der Waals surface area contributed by atoms with Gasteiger partial charge in [-0.2, -0.15) is 0 Å². The number of hydroxylamine groups is 2. The third kappa shape index (κ3) is 4.06. The molecule has 2 atom stereocenters. The fraction of sp³-hybridized carbons (Fsp3) is 0.217. The largest absolute Gasteiger partial charge is 0.472 e. The van der Waals surface area contributed by atoms with Crippen LogP contribution in [0.4, 0.5) is 0 Å². The summed E-state index contributed by atoms with van der Waals surface area (Å²) < 4.78 is 6.29. The lowest BCUT2D eigenvalue weighted by Crippen LogP contribution is -2.47. The maximum absolute atomic E-state index is 6.29. The van der Waals surface area contributed by atoms with Crippen LogP contribution in [0.2, 0.25) is 0 Å². The molecule has 0 aromatic heterocycles. The highest BCUT2D eigenvalue weighted by atomic mass is 16.7. The molecule has 0 radical (unpaired) electrons. The minimum Gasteiger partial charge on any atom is -0.472 e. The Labute approximate surface area is 154 Å². The highest BCUT2D eigenvalue weighted by Crippen LogP contribution is 2.33. The van der Waals surface area contributed by atoms with E-state index >= 15 is 0 Å². The van der Waals surface area contributed by atoms with Crippen LogP contribution in [-0.2, 0) is 0 Å². The first-order valence-electron chi connectivity index (χ1n) is 9.15. The number of benzene rings is 3. The van der Waals surface area contributed by atoms with Crippen molar-refractivity contribution in [3.05, 3.63) is 96.6 Å². The summed E-state index contributed by atoms with van der Waals surface area (Å²) >= 11 is 0. The molecule has 3 aromatic rings. The fourth-order valence-corrected chi connectivity index (χ4v) is 3.42. The van der Waals surface area contributed by atoms with E-state index in [2.05, 4.69) is 30.3 Å². The molecule has 1 heterocycles. The number of ether oxygens (including phenoxy) is 1. The van der Waals surface area contributed by atoms with Crippen molar-refractivity contribution in [3.63, 3.8) is 0 Å². The second-order valence-corrected chi connectivity index (χ2v) is 6.56. The van der Waals surface area contributed by atoms with Gasteiger partial charge in [-0.1, -0.05) is 66.7 Å². The minimum atomic E-state index is -0.128. The molecule has 4 rings (SSSR count). The standard InChI is InChI=1S/C23H23NO2/c1-4-10-19(11-5-1)20-16-17-24(26-22-14-8-3-9-15-22)23(18-20)25-21-12-6-2-7-13-21/h1-15,20,23H,16-18H2. The van der Waals surface area contributed by atoms with Crippen molar-refractivity contribution in [1.29, 1.82) is 0 Å². The zero-order chi connectivity index (χ0) is 17.6. The van der Waals surface area contributed by atoms with Crippen LogP contribution >= 0.6 is 0 Å². The van der Waals surface area contributed by atoms with E-state index in [9.17, 15) is 0 Å². The Bertz CT molecular complexity index is 792. The molecule has 1 fully saturated rings. The Morgan fingerprint density at radius 1 is 0.692 bits per heavy atom. The summed E-state index contributed by atoms with van der Waals surface area (Å²) in [7, 11) is 0. The third-order valence-corrected chi connectivity index (χ3v) is 4.76. The molecule has 1 aliphatic heterocycles. The summed E-state index contributed by atoms with van der Waals surface area (Å²) in [6.45, 7) is 0.825. The summed E-state index contributed by atoms with van der Waals surface area (Å²) in [4.78, 5) is 6.13. The zero-order valence-electron chi connectivity index (χ0n) is 14.7. The van der Waals surface area contributed by atoms with Gasteiger partial charge < -0.3 is 9.57 Å². The summed E-state index contributed by atoms with van der Waals surface area (Å²) in [6, 6.07) is 30.6. The van der Waals surface area contributed by atoms with E-state index in [-0.39, 0.29) is 6.23 Å². The van der Waals surface area contributed by atoms with Crippen molar-refractivity contribution in [2.24, 2.45) is 0 Å². The highest BCUT2D eigenvalue weighted by molar-refractivity contribution is 5.24. The van der Waals surface area contributed by atoms with Crippen LogP contribution in [0.15, 0.2) is 91.0 Å². The normalized spacial score (nSPS) is 20.5. The van der Waals surface area contributed by atoms with Crippen LogP contribution in [0.25, 0.3) is 0 Å². The Morgan fingerprint density at radius 2 is 1.27 bits per heavy atom. The molecule has 26 heavy (non-hydrogen) atoms. The summed E-state index contributed by atoms with van der Waals surface area (Å²) in [5, 5.41) is 1.97. The van der Waals surface area contributed by atoms with E-state index in [0.29, 0.717) is 5.92 Å². The topological polar surface area (TPSA) is 21.7 Å². The third-order valence-electron chi connectivity index (χ3n) is 4.76. The highest BCUT2D eigenvalue weighted by Gasteiger charge is 2.32. The molecule has 0 spiro atoms. The maximum atomic E-state index is 6.29. The molecule has 0 saturated carbocycles. The SMILES string of the molecule is c1ccc(OC2CC(c3ccccc3)CCN2Oc2ccccc2)cc1. The van der Waals surface area contributed by atoms with E-state index < -0.39 is 0 Å². The van der Waals surface area contributed by atoms with E-state index in [4.69, 9.17) is 9.57 Å². The number of hydrogen-bond acceptors (Lipinski definition) is 3. The van der Waals surface area contributed by atoms with Crippen LogP contribution in [0.1, 0.15) is 24.3 Å². The predicted molar refractivity (Wildman–Crippen MR) is 103 cm³/mol. The van der Waals surface area contributed by atoms with Crippen LogP contribution in [0, 0.1) is 0 Å². The first-order valence-corrected chi connectivity index (χ1v) is 9.15. The average Bonchev–Trinajstić information content (AvgIpc) is 2.71. The van der Waals surface area contributed by atoms with Gasteiger partial charge in [0.1, 0.15) is 11.5 Å². The number of hydrogen-bond donors (Lipinski definition) is 0. The molecule has 0 N–H and O–H groups in total. The number of piperidine rings is 1. The first-order chi connectivity index (χ1) is 12.9. The van der Waals surface area contributed by atoms with Gasteiger partial charge in [0.25, 0.3) is 0 Å². The van der Waals surface area contributed by atoms with Crippen molar-refractivity contribution in [2.45, 2.75) is 25.0 Å². The molecule has 0 bridgehead atoms. The molecule has 3 aromatic carbocycles. The summed E-state index contributed by atoms with van der Waals surface area (Å²) in [5.74, 6) is 2.18. The summed E-state index contributed by atoms with van der Waals surface area (Å²) in [5.41, 5.74) is 1.37. The van der Waals surface area contributed by atoms with Gasteiger partial charge in [0, 0.05) is 13.0 Å². The first kappa shape index (κ1) is 16.7. The zero-order valence-corrected chi connectivity index (χ0v) is 14.7. The van der Waals surface area contributed by atoms with Crippen LogP contribution in [0.5, 0.6) is 11.5 Å². The molecule has 3 nitrogen and oxygen atoms in total. The van der Waals surface area contributed by atoms with E-state index in [1.54, 1.807) is 0 Å². The lowest BCUT2D eigenvalue weighted by molar-refractivity contribution is -0.179. The predicted octanol–water partition coefficient (Wildman–Crippen LogP) is 5.27. The molecular weight excluding hydrogens is 322 g/mol. The van der Waals surface area contributed by atoms with Crippen LogP contribution in [0.3, 0.4) is 0 Å². The van der Waals surface area contributed by atoms with Gasteiger partial charge in [-0.3, -0.25) is 0 Å². The fourth-order valence-electron chi connectivity index (χ4n) is 3.42. The molecule has 2 unspecified atom stereocenters. The molecule has 132 valence electrons. The van der Waals surface area contributed by atoms with Gasteiger partial charge in [-0.15, -0.1) is 5.06 Å². The van der Waals surface area contributed by atoms with Crippen molar-refractivity contribution < 1.29 is 9.57 Å². The molecule has 0 aliphatic carbocycles. The second kappa shape index (κ2) is 8.07. The molecular formula is C23H23NO2. The smallest absolute Gasteiger partial charge is 0.184 e. The Hall–Kier alpha value is -2.78. The lowest BCUT2D eigenvalue weighted by atomic mass is 9.89. The van der Waals surface area contributed by atoms with Crippen LogP contribution < -0.4 is 9.57 Å². The van der Waals surface area contributed by atoms with Gasteiger partial charge in [-0.05, 0) is 42.2 Å². The quantitative estimate of drug-likeness (QED) is 0.629. The average molecular weight is 345 g/mol. The van der Waals surface area contributed by atoms with Crippen LogP contribution in [-0.4, -0.2) is 17.8 Å². The minimum absolute atomic E-state index is 0.128. The molecule has 0 amide bonds. The van der Waals surface area contributed by atoms with Gasteiger partial charge in [-0.25, -0.2) is 0 Å². The summed E-state index contributed by atoms with van der Waals surface area (Å²) in [6.07, 6.45) is 1.81.